The average molecular weight is 258 g/mol. The number of nitrogens with one attached hydrogen (secondary N) is 1. The van der Waals surface area contributed by atoms with Crippen LogP contribution in [0.3, 0.4) is 0 Å². The second-order valence-corrected chi connectivity index (χ2v) is 4.69. The topological polar surface area (TPSA) is 81.2 Å². The summed E-state index contributed by atoms with van der Waals surface area (Å²) in [6, 6.07) is 0. The number of hydrogen-bond donors (Lipinski definition) is 1. The smallest absolute Gasteiger partial charge is 0.330 e. The molecule has 1 heterocycles. The number of aromatic nitrogens is 2. The number of ether oxygens (including phenoxy) is 1. The third-order valence-corrected chi connectivity index (χ3v) is 2.73. The summed E-state index contributed by atoms with van der Waals surface area (Å²) in [6.45, 7) is 3.53. The summed E-state index contributed by atoms with van der Waals surface area (Å²) < 4.78 is 6.49. The first-order valence-electron chi connectivity index (χ1n) is 5.02. The van der Waals surface area contributed by atoms with Crippen molar-refractivity contribution in [3.63, 3.8) is 0 Å². The zero-order chi connectivity index (χ0) is 12.8. The minimum atomic E-state index is -0.500. The van der Waals surface area contributed by atoms with E-state index in [1.165, 1.54) is 29.4 Å². The minimum Gasteiger partial charge on any atom is -0.360 e. The molecule has 1 aromatic rings. The van der Waals surface area contributed by atoms with E-state index in [1.807, 2.05) is 0 Å². The van der Waals surface area contributed by atoms with E-state index < -0.39 is 11.2 Å². The van der Waals surface area contributed by atoms with Gasteiger partial charge in [-0.2, -0.15) is 0 Å². The Morgan fingerprint density at radius 1 is 1.53 bits per heavy atom. The molecule has 0 aliphatic heterocycles. The lowest BCUT2D eigenvalue weighted by Gasteiger charge is -2.06. The maximum Gasteiger partial charge on any atom is 0.330 e. The Hall–Kier alpha value is -1.34. The minimum absolute atomic E-state index is 0.0330. The molecule has 0 fully saturated rings. The van der Waals surface area contributed by atoms with Crippen molar-refractivity contribution in [2.24, 2.45) is 0 Å². The molecule has 0 spiro atoms. The monoisotopic (exact) mass is 258 g/mol. The normalized spacial score (nSPS) is 10.5. The number of thioether (sulfide) groups is 1. The lowest BCUT2D eigenvalue weighted by molar-refractivity contribution is -0.109. The van der Waals surface area contributed by atoms with Gasteiger partial charge in [-0.3, -0.25) is 19.1 Å². The van der Waals surface area contributed by atoms with E-state index in [0.29, 0.717) is 17.9 Å². The van der Waals surface area contributed by atoms with E-state index in [-0.39, 0.29) is 11.8 Å². The highest BCUT2D eigenvalue weighted by atomic mass is 32.2. The predicted molar refractivity (Wildman–Crippen MR) is 65.2 cm³/mol. The highest BCUT2D eigenvalue weighted by molar-refractivity contribution is 8.13. The highest BCUT2D eigenvalue weighted by Gasteiger charge is 2.00. The predicted octanol–water partition coefficient (Wildman–Crippen LogP) is 0.0988. The first kappa shape index (κ1) is 13.7. The number of H-pyrrole nitrogens is 1. The average Bonchev–Trinajstić information content (AvgIpc) is 2.24. The molecule has 94 valence electrons. The highest BCUT2D eigenvalue weighted by Crippen LogP contribution is 2.00. The van der Waals surface area contributed by atoms with E-state index in [1.54, 1.807) is 6.92 Å². The van der Waals surface area contributed by atoms with Crippen molar-refractivity contribution in [1.82, 2.24) is 9.55 Å². The molecule has 0 amide bonds. The SMILES string of the molecule is CC(=O)SCCOCn1cc(C)c(=O)[nH]c1=O. The summed E-state index contributed by atoms with van der Waals surface area (Å²) in [4.78, 5) is 35.2. The Bertz CT molecular complexity index is 506. The summed E-state index contributed by atoms with van der Waals surface area (Å²) in [6.07, 6.45) is 1.44. The summed E-state index contributed by atoms with van der Waals surface area (Å²) in [5, 5.41) is 0.0330. The fraction of sp³-hybridized carbons (Fsp3) is 0.500. The number of carbonyl (C=O) groups excluding carboxylic acids is 1. The molecule has 6 nitrogen and oxygen atoms in total. The quantitative estimate of drug-likeness (QED) is 0.757. The first-order chi connectivity index (χ1) is 8.00. The van der Waals surface area contributed by atoms with Crippen molar-refractivity contribution in [3.8, 4) is 0 Å². The molecule has 0 saturated heterocycles. The number of rotatable bonds is 5. The van der Waals surface area contributed by atoms with Crippen molar-refractivity contribution < 1.29 is 9.53 Å². The van der Waals surface area contributed by atoms with E-state index in [4.69, 9.17) is 4.74 Å². The summed E-state index contributed by atoms with van der Waals surface area (Å²) in [5.41, 5.74) is -0.440. The van der Waals surface area contributed by atoms with Crippen LogP contribution in [0.15, 0.2) is 15.8 Å². The largest absolute Gasteiger partial charge is 0.360 e. The van der Waals surface area contributed by atoms with Crippen molar-refractivity contribution in [2.75, 3.05) is 12.4 Å². The molecular weight excluding hydrogens is 244 g/mol. The van der Waals surface area contributed by atoms with Gasteiger partial charge in [0.25, 0.3) is 5.56 Å². The maximum absolute atomic E-state index is 11.3. The number of aromatic amines is 1. The molecule has 0 radical (unpaired) electrons. The Morgan fingerprint density at radius 3 is 2.88 bits per heavy atom. The fourth-order valence-electron chi connectivity index (χ4n) is 1.12. The molecule has 17 heavy (non-hydrogen) atoms. The molecule has 1 N–H and O–H groups in total. The number of hydrogen-bond acceptors (Lipinski definition) is 5. The van der Waals surface area contributed by atoms with Gasteiger partial charge in [-0.25, -0.2) is 4.79 Å². The van der Waals surface area contributed by atoms with Gasteiger partial charge in [-0.05, 0) is 6.92 Å². The molecule has 0 unspecified atom stereocenters. The zero-order valence-corrected chi connectivity index (χ0v) is 10.5. The summed E-state index contributed by atoms with van der Waals surface area (Å²) in [5.74, 6) is 0.548. The molecule has 1 rings (SSSR count). The van der Waals surface area contributed by atoms with E-state index in [2.05, 4.69) is 4.98 Å². The molecule has 0 atom stereocenters. The molecule has 0 saturated carbocycles. The van der Waals surface area contributed by atoms with Crippen molar-refractivity contribution >= 4 is 16.9 Å². The third kappa shape index (κ3) is 4.58. The third-order valence-electron chi connectivity index (χ3n) is 1.95. The molecule has 1 aromatic heterocycles. The van der Waals surface area contributed by atoms with Crippen LogP contribution in [0.2, 0.25) is 0 Å². The maximum atomic E-state index is 11.3. The van der Waals surface area contributed by atoms with Gasteiger partial charge in [0, 0.05) is 24.4 Å². The second-order valence-electron chi connectivity index (χ2n) is 3.42. The first-order valence-corrected chi connectivity index (χ1v) is 6.00. The van der Waals surface area contributed by atoms with Crippen molar-refractivity contribution in [3.05, 3.63) is 32.6 Å². The van der Waals surface area contributed by atoms with E-state index in [0.717, 1.165) is 0 Å². The van der Waals surface area contributed by atoms with Crippen LogP contribution in [0.1, 0.15) is 12.5 Å². The van der Waals surface area contributed by atoms with Gasteiger partial charge in [0.05, 0.1) is 6.61 Å². The van der Waals surface area contributed by atoms with Gasteiger partial charge in [0.15, 0.2) is 5.12 Å². The zero-order valence-electron chi connectivity index (χ0n) is 9.69. The Balaban J connectivity index is 2.47. The molecule has 7 heteroatoms. The van der Waals surface area contributed by atoms with Gasteiger partial charge in [0.1, 0.15) is 6.73 Å². The van der Waals surface area contributed by atoms with Crippen molar-refractivity contribution in [2.45, 2.75) is 20.6 Å². The Morgan fingerprint density at radius 2 is 2.24 bits per heavy atom. The van der Waals surface area contributed by atoms with Gasteiger partial charge in [-0.1, -0.05) is 11.8 Å². The summed E-state index contributed by atoms with van der Waals surface area (Å²) >= 11 is 1.17. The standard InChI is InChI=1S/C10H14N2O4S/c1-7-5-12(10(15)11-9(7)14)6-16-3-4-17-8(2)13/h5H,3-4,6H2,1-2H3,(H,11,14,15). The van der Waals surface area contributed by atoms with Gasteiger partial charge >= 0.3 is 5.69 Å². The lowest BCUT2D eigenvalue weighted by atomic mass is 10.4. The van der Waals surface area contributed by atoms with Crippen LogP contribution in [-0.2, 0) is 16.3 Å². The Kier molecular flexibility index (Phi) is 5.17. The summed E-state index contributed by atoms with van der Waals surface area (Å²) in [7, 11) is 0. The lowest BCUT2D eigenvalue weighted by Crippen LogP contribution is -2.31. The second kappa shape index (κ2) is 6.41. The van der Waals surface area contributed by atoms with Crippen LogP contribution in [0.5, 0.6) is 0 Å². The Labute approximate surface area is 102 Å². The number of aryl methyl sites for hydroxylation is 1. The van der Waals surface area contributed by atoms with Crippen LogP contribution >= 0.6 is 11.8 Å². The van der Waals surface area contributed by atoms with Gasteiger partial charge in [0.2, 0.25) is 0 Å². The van der Waals surface area contributed by atoms with Crippen LogP contribution in [-0.4, -0.2) is 27.0 Å². The van der Waals surface area contributed by atoms with E-state index in [9.17, 15) is 14.4 Å². The number of nitrogens with zero attached hydrogens (tertiary/aromatic N) is 1. The molecule has 0 aromatic carbocycles. The number of carbonyl (C=O) groups is 1. The molecule has 0 bridgehead atoms. The van der Waals surface area contributed by atoms with Crippen molar-refractivity contribution in [1.29, 1.82) is 0 Å². The fourth-order valence-corrected chi connectivity index (χ4v) is 1.61. The molecule has 0 aliphatic rings. The van der Waals surface area contributed by atoms with Crippen LogP contribution in [0.25, 0.3) is 0 Å². The molecular formula is C10H14N2O4S. The van der Waals surface area contributed by atoms with Crippen LogP contribution < -0.4 is 11.2 Å². The van der Waals surface area contributed by atoms with Gasteiger partial charge < -0.3 is 4.74 Å². The van der Waals surface area contributed by atoms with Crippen LogP contribution in [0.4, 0.5) is 0 Å². The van der Waals surface area contributed by atoms with Crippen LogP contribution in [0, 0.1) is 6.92 Å². The van der Waals surface area contributed by atoms with E-state index >= 15 is 0 Å². The van der Waals surface area contributed by atoms with Gasteiger partial charge in [-0.15, -0.1) is 0 Å². The molecule has 0 aliphatic carbocycles.